The first kappa shape index (κ1) is 19.6. The van der Waals surface area contributed by atoms with Gasteiger partial charge in [0, 0.05) is 9.79 Å². The van der Waals surface area contributed by atoms with Crippen LogP contribution in [0.5, 0.6) is 11.5 Å². The Labute approximate surface area is 153 Å². The lowest BCUT2D eigenvalue weighted by molar-refractivity contribution is 0.0668. The fourth-order valence-electron chi connectivity index (χ4n) is 2.12. The highest BCUT2D eigenvalue weighted by molar-refractivity contribution is 7.99. The van der Waals surface area contributed by atoms with Crippen LogP contribution in [-0.2, 0) is 0 Å². The zero-order chi connectivity index (χ0) is 20.5. The fourth-order valence-corrected chi connectivity index (χ4v) is 3.10. The van der Waals surface area contributed by atoms with Crippen molar-refractivity contribution in [1.82, 2.24) is 0 Å². The number of aromatic hydroxyl groups is 2. The monoisotopic (exact) mass is 394 g/mol. The molecule has 0 fully saturated rings. The van der Waals surface area contributed by atoms with Crippen molar-refractivity contribution >= 4 is 35.6 Å². The summed E-state index contributed by atoms with van der Waals surface area (Å²) in [5, 5.41) is 55.8. The second-order valence-corrected chi connectivity index (χ2v) is 6.20. The molecule has 10 nitrogen and oxygen atoms in total. The van der Waals surface area contributed by atoms with Crippen LogP contribution in [0.3, 0.4) is 0 Å². The maximum absolute atomic E-state index is 11.2. The Hall–Kier alpha value is -3.73. The van der Waals surface area contributed by atoms with Crippen LogP contribution in [0.1, 0.15) is 41.4 Å². The molecule has 0 radical (unpaired) electrons. The summed E-state index contributed by atoms with van der Waals surface area (Å²) in [6.07, 6.45) is 0. The van der Waals surface area contributed by atoms with Gasteiger partial charge in [-0.25, -0.2) is 19.2 Å². The molecule has 6 N–H and O–H groups in total. The summed E-state index contributed by atoms with van der Waals surface area (Å²) in [6.45, 7) is 0. The standard InChI is InChI=1S/C16H10O10S/c17-11-7(13(19)20)1-5(2-8(11)14(21)22)27-6-3-9(15(23)24)12(18)10(4-6)16(25)26/h1-4,17-18H,(H,19,20)(H,21,22)(H,23,24)(H,25,26). The van der Waals surface area contributed by atoms with Crippen molar-refractivity contribution in [1.29, 1.82) is 0 Å². The first-order valence-electron chi connectivity index (χ1n) is 6.88. The molecule has 0 atom stereocenters. The Morgan fingerprint density at radius 3 is 0.963 bits per heavy atom. The van der Waals surface area contributed by atoms with Crippen molar-refractivity contribution in [2.24, 2.45) is 0 Å². The second-order valence-electron chi connectivity index (χ2n) is 5.06. The molecule has 0 unspecified atom stereocenters. The molecule has 0 aliphatic heterocycles. The van der Waals surface area contributed by atoms with E-state index < -0.39 is 57.6 Å². The van der Waals surface area contributed by atoms with E-state index in [0.29, 0.717) is 11.8 Å². The molecule has 0 spiro atoms. The van der Waals surface area contributed by atoms with Crippen LogP contribution in [0.15, 0.2) is 34.1 Å². The number of hydrogen-bond acceptors (Lipinski definition) is 7. The van der Waals surface area contributed by atoms with Gasteiger partial charge >= 0.3 is 23.9 Å². The molecule has 11 heteroatoms. The van der Waals surface area contributed by atoms with Gasteiger partial charge in [-0.05, 0) is 24.3 Å². The van der Waals surface area contributed by atoms with E-state index >= 15 is 0 Å². The third kappa shape index (κ3) is 3.93. The van der Waals surface area contributed by atoms with Gasteiger partial charge < -0.3 is 30.6 Å². The van der Waals surface area contributed by atoms with E-state index in [4.69, 9.17) is 20.4 Å². The van der Waals surface area contributed by atoms with E-state index in [-0.39, 0.29) is 9.79 Å². The summed E-state index contributed by atoms with van der Waals surface area (Å²) in [6, 6.07) is 3.79. The van der Waals surface area contributed by atoms with E-state index in [0.717, 1.165) is 24.3 Å². The maximum atomic E-state index is 11.2. The topological polar surface area (TPSA) is 190 Å². The van der Waals surface area contributed by atoms with Gasteiger partial charge in [0.1, 0.15) is 33.8 Å². The number of benzene rings is 2. The highest BCUT2D eigenvalue weighted by Crippen LogP contribution is 2.37. The van der Waals surface area contributed by atoms with Gasteiger partial charge in [-0.15, -0.1) is 0 Å². The Balaban J connectivity index is 2.63. The number of aromatic carboxylic acids is 4. The van der Waals surface area contributed by atoms with Crippen molar-refractivity contribution in [3.63, 3.8) is 0 Å². The Bertz CT molecular complexity index is 845. The first-order chi connectivity index (χ1) is 12.5. The van der Waals surface area contributed by atoms with Crippen LogP contribution in [-0.4, -0.2) is 54.5 Å². The first-order valence-corrected chi connectivity index (χ1v) is 7.69. The molecule has 0 bridgehead atoms. The molecule has 0 amide bonds. The highest BCUT2D eigenvalue weighted by Gasteiger charge is 2.23. The Morgan fingerprint density at radius 1 is 0.556 bits per heavy atom. The van der Waals surface area contributed by atoms with Gasteiger partial charge in [0.15, 0.2) is 0 Å². The van der Waals surface area contributed by atoms with Gasteiger partial charge in [0.2, 0.25) is 0 Å². The molecule has 0 aliphatic rings. The number of carboxylic acid groups (broad SMARTS) is 4. The van der Waals surface area contributed by atoms with Crippen LogP contribution in [0.4, 0.5) is 0 Å². The third-order valence-corrected chi connectivity index (χ3v) is 4.27. The van der Waals surface area contributed by atoms with Crippen molar-refractivity contribution < 1.29 is 49.8 Å². The molecule has 2 aromatic rings. The van der Waals surface area contributed by atoms with Crippen molar-refractivity contribution in [3.8, 4) is 11.5 Å². The minimum atomic E-state index is -1.60. The normalized spacial score (nSPS) is 10.4. The Morgan fingerprint density at radius 2 is 0.778 bits per heavy atom. The molecule has 0 saturated carbocycles. The van der Waals surface area contributed by atoms with Crippen molar-refractivity contribution in [2.45, 2.75) is 9.79 Å². The van der Waals surface area contributed by atoms with Crippen molar-refractivity contribution in [3.05, 3.63) is 46.5 Å². The highest BCUT2D eigenvalue weighted by atomic mass is 32.2. The number of rotatable bonds is 6. The van der Waals surface area contributed by atoms with E-state index in [2.05, 4.69) is 0 Å². The van der Waals surface area contributed by atoms with E-state index in [1.807, 2.05) is 0 Å². The van der Waals surface area contributed by atoms with Gasteiger partial charge in [-0.1, -0.05) is 11.8 Å². The molecule has 0 saturated heterocycles. The molecule has 2 rings (SSSR count). The zero-order valence-corrected chi connectivity index (χ0v) is 13.9. The lowest BCUT2D eigenvalue weighted by Gasteiger charge is -2.10. The molecule has 0 heterocycles. The smallest absolute Gasteiger partial charge is 0.339 e. The van der Waals surface area contributed by atoms with Gasteiger partial charge in [0.25, 0.3) is 0 Å². The zero-order valence-electron chi connectivity index (χ0n) is 13.0. The summed E-state index contributed by atoms with van der Waals surface area (Å²) in [5.74, 6) is -8.30. The lowest BCUT2D eigenvalue weighted by atomic mass is 10.1. The van der Waals surface area contributed by atoms with Gasteiger partial charge in [0.05, 0.1) is 0 Å². The summed E-state index contributed by atoms with van der Waals surface area (Å²) in [4.78, 5) is 44.7. The summed E-state index contributed by atoms with van der Waals surface area (Å²) >= 11 is 0.656. The second kappa shape index (κ2) is 7.25. The molecule has 2 aromatic carbocycles. The molecule has 27 heavy (non-hydrogen) atoms. The largest absolute Gasteiger partial charge is 0.506 e. The molecule has 0 aromatic heterocycles. The summed E-state index contributed by atoms with van der Waals surface area (Å²) < 4.78 is 0. The predicted octanol–water partition coefficient (Wildman–Crippen LogP) is 2.04. The maximum Gasteiger partial charge on any atom is 0.339 e. The number of carbonyl (C=O) groups is 4. The predicted molar refractivity (Wildman–Crippen MR) is 88.2 cm³/mol. The van der Waals surface area contributed by atoms with E-state index in [1.54, 1.807) is 0 Å². The fraction of sp³-hybridized carbons (Fsp3) is 0. The average Bonchev–Trinajstić information content (AvgIpc) is 2.56. The third-order valence-electron chi connectivity index (χ3n) is 3.32. The lowest BCUT2D eigenvalue weighted by Crippen LogP contribution is -2.05. The van der Waals surface area contributed by atoms with Gasteiger partial charge in [-0.3, -0.25) is 0 Å². The number of hydrogen-bond donors (Lipinski definition) is 6. The quantitative estimate of drug-likeness (QED) is 0.420. The van der Waals surface area contributed by atoms with Crippen LogP contribution >= 0.6 is 11.8 Å². The van der Waals surface area contributed by atoms with Gasteiger partial charge in [-0.2, -0.15) is 0 Å². The van der Waals surface area contributed by atoms with E-state index in [1.165, 1.54) is 0 Å². The van der Waals surface area contributed by atoms with E-state index in [9.17, 15) is 29.4 Å². The minimum Gasteiger partial charge on any atom is -0.506 e. The number of phenols is 2. The molecular formula is C16H10O10S. The minimum absolute atomic E-state index is 0.0130. The van der Waals surface area contributed by atoms with Crippen LogP contribution in [0, 0.1) is 0 Å². The summed E-state index contributed by atoms with van der Waals surface area (Å²) in [7, 11) is 0. The summed E-state index contributed by atoms with van der Waals surface area (Å²) in [5.41, 5.74) is -2.80. The van der Waals surface area contributed by atoms with Crippen LogP contribution in [0.25, 0.3) is 0 Å². The van der Waals surface area contributed by atoms with Crippen LogP contribution in [0.2, 0.25) is 0 Å². The SMILES string of the molecule is O=C(O)c1cc(Sc2cc(C(=O)O)c(O)c(C(=O)O)c2)cc(C(=O)O)c1O. The number of carboxylic acids is 4. The molecular weight excluding hydrogens is 384 g/mol. The molecule has 140 valence electrons. The Kier molecular flexibility index (Phi) is 5.26. The van der Waals surface area contributed by atoms with Crippen LogP contribution < -0.4 is 0 Å². The average molecular weight is 394 g/mol. The van der Waals surface area contributed by atoms with Crippen molar-refractivity contribution in [2.75, 3.05) is 0 Å². The molecule has 0 aliphatic carbocycles.